The average molecular weight is 1320 g/mol. The minimum atomic E-state index is -1.92. The Balaban J connectivity index is 1.15. The first-order valence-electron chi connectivity index (χ1n) is 29.6. The van der Waals surface area contributed by atoms with Crippen LogP contribution in [-0.2, 0) is 54.1 Å². The first-order valence-corrected chi connectivity index (χ1v) is 31.1. The van der Waals surface area contributed by atoms with Crippen LogP contribution in [0.1, 0.15) is 119 Å². The lowest BCUT2D eigenvalue weighted by Gasteiger charge is -2.42. The van der Waals surface area contributed by atoms with E-state index in [0.717, 1.165) is 5.57 Å². The van der Waals surface area contributed by atoms with Crippen LogP contribution in [0.15, 0.2) is 78.4 Å². The van der Waals surface area contributed by atoms with E-state index < -0.39 is 108 Å². The van der Waals surface area contributed by atoms with Crippen LogP contribution in [0.2, 0.25) is 5.02 Å². The van der Waals surface area contributed by atoms with Crippen LogP contribution in [0.3, 0.4) is 0 Å². The molecule has 10 atom stereocenters. The van der Waals surface area contributed by atoms with Gasteiger partial charge in [-0.1, -0.05) is 78.7 Å². The van der Waals surface area contributed by atoms with Gasteiger partial charge in [0.05, 0.1) is 35.4 Å². The van der Waals surface area contributed by atoms with Crippen LogP contribution < -0.4 is 37.2 Å². The number of amides is 7. The molecule has 4 heterocycles. The fourth-order valence-electron chi connectivity index (χ4n) is 10.7. The second-order valence-corrected chi connectivity index (χ2v) is 24.4. The second-order valence-electron chi connectivity index (χ2n) is 23.4. The number of alkyl halides is 1. The lowest BCUT2D eigenvalue weighted by molar-refractivity contribution is -0.158. The van der Waals surface area contributed by atoms with Gasteiger partial charge in [-0.15, -0.1) is 0 Å². The summed E-state index contributed by atoms with van der Waals surface area (Å²) < 4.78 is 29.1. The van der Waals surface area contributed by atoms with Gasteiger partial charge in [0, 0.05) is 86.5 Å². The number of methoxy groups -OCH3 is 1. The molecular weight excluding hydrogens is 1240 g/mol. The number of rotatable bonds is 25. The topological polar surface area (TPSA) is 329 Å². The van der Waals surface area contributed by atoms with Gasteiger partial charge in [0.25, 0.3) is 5.91 Å². The number of nitrogens with one attached hydrogen (secondary N) is 5. The molecule has 0 radical (unpaired) electrons. The predicted molar refractivity (Wildman–Crippen MR) is 337 cm³/mol. The summed E-state index contributed by atoms with van der Waals surface area (Å²) in [5.74, 6) is -3.60. The molecule has 2 fully saturated rings. The van der Waals surface area contributed by atoms with Crippen molar-refractivity contribution < 1.29 is 71.9 Å². The van der Waals surface area contributed by atoms with Crippen LogP contribution in [0, 0.1) is 11.8 Å². The Kier molecular flexibility index (Phi) is 25.3. The number of carbonyl (C=O) groups excluding carboxylic acids is 9. The van der Waals surface area contributed by atoms with Gasteiger partial charge in [-0.05, 0) is 113 Å². The summed E-state index contributed by atoms with van der Waals surface area (Å²) in [7, 11) is 4.32. The fourth-order valence-corrected chi connectivity index (χ4v) is 11.2. The molecule has 2 saturated heterocycles. The van der Waals surface area contributed by atoms with E-state index in [1.165, 1.54) is 37.9 Å². The highest BCUT2D eigenvalue weighted by atomic mass is 79.9. The minimum Gasteiger partial charge on any atom is -0.462 e. The number of alkyl carbamates (subject to hydrolysis) is 1. The summed E-state index contributed by atoms with van der Waals surface area (Å²) in [4.78, 5) is 126. The van der Waals surface area contributed by atoms with Gasteiger partial charge < -0.3 is 65.6 Å². The molecule has 484 valence electrons. The predicted octanol–water partition coefficient (Wildman–Crippen LogP) is 6.72. The van der Waals surface area contributed by atoms with Gasteiger partial charge in [0.1, 0.15) is 41.8 Å². The number of epoxide rings is 1. The van der Waals surface area contributed by atoms with Crippen molar-refractivity contribution in [3.05, 3.63) is 100 Å². The van der Waals surface area contributed by atoms with Gasteiger partial charge >= 0.3 is 24.1 Å². The quantitative estimate of drug-likeness (QED) is 0.00880. The van der Waals surface area contributed by atoms with E-state index in [4.69, 9.17) is 46.0 Å². The van der Waals surface area contributed by atoms with E-state index in [0.29, 0.717) is 78.0 Å². The normalized spacial score (nSPS) is 23.8. The van der Waals surface area contributed by atoms with Crippen LogP contribution in [0.25, 0.3) is 10.9 Å². The molecular formula is C63H83BrClN9O15. The number of unbranched alkanes of at least 4 members (excludes halogenated alkanes) is 2. The van der Waals surface area contributed by atoms with Gasteiger partial charge in [-0.2, -0.15) is 0 Å². The number of ether oxygens (including phenoxy) is 5. The van der Waals surface area contributed by atoms with Crippen molar-refractivity contribution in [3.8, 4) is 0 Å². The second kappa shape index (κ2) is 31.8. The Morgan fingerprint density at radius 2 is 1.81 bits per heavy atom. The number of allylic oxidation sites excluding steroid dienone is 3. The number of halogens is 2. The van der Waals surface area contributed by atoms with Crippen molar-refractivity contribution in [1.82, 2.24) is 31.2 Å². The molecule has 24 nitrogen and oxygen atoms in total. The number of hydrogen-bond donors (Lipinski definition) is 7. The fraction of sp³-hybridized carbons (Fsp3) is 0.524. The number of urea groups is 1. The van der Waals surface area contributed by atoms with E-state index in [1.807, 2.05) is 20.8 Å². The monoisotopic (exact) mass is 1320 g/mol. The highest BCUT2D eigenvalue weighted by molar-refractivity contribution is 9.09. The number of primary amides is 1. The molecule has 3 aliphatic rings. The maximum absolute atomic E-state index is 14.5. The first kappa shape index (κ1) is 70.6. The molecule has 6 rings (SSSR count). The lowest BCUT2D eigenvalue weighted by Crippen LogP contribution is -2.63. The van der Waals surface area contributed by atoms with E-state index in [-0.39, 0.29) is 66.2 Å². The number of carbonyl (C=O) groups is 9. The zero-order chi connectivity index (χ0) is 65.5. The number of benzene rings is 2. The number of anilines is 2. The molecule has 4 bridgehead atoms. The van der Waals surface area contributed by atoms with Crippen LogP contribution in [0.5, 0.6) is 0 Å². The van der Waals surface area contributed by atoms with E-state index >= 15 is 0 Å². The van der Waals surface area contributed by atoms with Crippen molar-refractivity contribution >= 4 is 104 Å². The molecule has 2 aromatic carbocycles. The molecule has 1 aromatic heterocycles. The smallest absolute Gasteiger partial charge is 0.409 e. The summed E-state index contributed by atoms with van der Waals surface area (Å²) in [6.45, 7) is 14.7. The number of hydrogen-bond acceptors (Lipinski definition) is 17. The highest BCUT2D eigenvalue weighted by Gasteiger charge is 2.64. The van der Waals surface area contributed by atoms with Gasteiger partial charge in [0.2, 0.25) is 17.7 Å². The zero-order valence-corrected chi connectivity index (χ0v) is 54.1. The largest absolute Gasteiger partial charge is 0.462 e. The molecule has 3 aliphatic heterocycles. The maximum atomic E-state index is 14.5. The van der Waals surface area contributed by atoms with Gasteiger partial charge in [-0.3, -0.25) is 29.3 Å². The Bertz CT molecular complexity index is 3200. The Morgan fingerprint density at radius 3 is 2.49 bits per heavy atom. The summed E-state index contributed by atoms with van der Waals surface area (Å²) >= 11 is 9.93. The number of likely N-dealkylation sites (N-methyl/N-ethyl adjacent to an activating group) is 1. The maximum Gasteiger partial charge on any atom is 0.409 e. The van der Waals surface area contributed by atoms with Crippen LogP contribution in [-0.4, -0.2) is 169 Å². The van der Waals surface area contributed by atoms with Crippen molar-refractivity contribution in [2.24, 2.45) is 17.6 Å². The Labute approximate surface area is 531 Å². The van der Waals surface area contributed by atoms with Gasteiger partial charge in [-0.25, -0.2) is 24.2 Å². The molecule has 89 heavy (non-hydrogen) atoms. The third-order valence-corrected chi connectivity index (χ3v) is 17.3. The van der Waals surface area contributed by atoms with E-state index in [1.54, 1.807) is 74.5 Å². The SMILES string of the molecule is C=C(CBr)C(=O)OCCCCCC(=O)N[C@H](C(=O)N[C@@H](CCCNC(N)=O)CNc1ccc2cc(C(=O)N(C)[C@@H](C)C(=O)O[C@H]3CC(=O)N(C)c4cc(cc(C=O)c4Cl)C/C(C)=C/C=C/[C@@H](OC)[C@@]4(O)C[C@H](OC(=O)N4)[C@@H](C)[C@@H]4O[C@@]34C)ccc2n1)C(C)C. The average Bonchev–Trinajstić information content (AvgIpc) is 1.67. The molecule has 0 spiro atoms. The summed E-state index contributed by atoms with van der Waals surface area (Å²) in [6.07, 6.45) is 3.21. The number of aromatic nitrogens is 1. The van der Waals surface area contributed by atoms with Crippen molar-refractivity contribution in [2.75, 3.05) is 56.4 Å². The van der Waals surface area contributed by atoms with E-state index in [2.05, 4.69) is 49.1 Å². The minimum absolute atomic E-state index is 0.0306. The Morgan fingerprint density at radius 1 is 1.07 bits per heavy atom. The third kappa shape index (κ3) is 18.8. The Hall–Kier alpha value is -7.45. The number of aliphatic hydroxyl groups is 1. The number of nitrogens with zero attached hydrogens (tertiary/aromatic N) is 3. The van der Waals surface area contributed by atoms with Crippen molar-refractivity contribution in [1.29, 1.82) is 0 Å². The number of aldehydes is 1. The van der Waals surface area contributed by atoms with Crippen molar-refractivity contribution in [2.45, 2.75) is 153 Å². The van der Waals surface area contributed by atoms with Crippen LogP contribution >= 0.6 is 27.5 Å². The molecule has 0 aliphatic carbocycles. The number of fused-ring (bicyclic) bond motifs is 6. The van der Waals surface area contributed by atoms with Crippen LogP contribution in [0.4, 0.5) is 21.1 Å². The molecule has 0 saturated carbocycles. The molecule has 26 heteroatoms. The molecule has 7 amide bonds. The number of pyridine rings is 1. The summed E-state index contributed by atoms with van der Waals surface area (Å²) in [6, 6.07) is 8.36. The van der Waals surface area contributed by atoms with Gasteiger partial charge in [0.15, 0.2) is 12.0 Å². The van der Waals surface area contributed by atoms with Crippen molar-refractivity contribution in [3.63, 3.8) is 0 Å². The summed E-state index contributed by atoms with van der Waals surface area (Å²) in [5.41, 5.74) is 4.90. The zero-order valence-electron chi connectivity index (χ0n) is 51.8. The lowest BCUT2D eigenvalue weighted by atomic mass is 9.83. The third-order valence-electron chi connectivity index (χ3n) is 16.3. The number of esters is 2. The number of nitrogens with two attached hydrogens (primary N) is 1. The summed E-state index contributed by atoms with van der Waals surface area (Å²) in [5, 5.41) is 27.1. The van der Waals surface area contributed by atoms with E-state index in [9.17, 15) is 48.3 Å². The standard InChI is InChI=1S/C63H83BrClN9O15/c1-35(2)54(71-51(76)19-12-11-13-25-86-58(80)37(4)32-64)56(78)69-44(17-15-24-67-60(66)82)33-68-50-23-21-41-29-42(20-22-45(41)70-50)57(79)73(8)39(6)59(81)88-49-30-52(77)74(9)46-28-40(27-43(34-75)53(46)65)26-36(3)16-14-18-48(85-10)63(84)31-47(87-61(83)72-63)38(5)55-62(49,7)89-55/h14,16,18,20-23,27-29,34-35,38-39,44,47-49,54-55,84H,4,11-13,15,17,19,24-26,30-33H2,1-3,5-10H3,(H,68,70)(H,69,78)(H,71,76)(H,72,83)(H3,66,67,82)/b18-14+,36-16+/t38-,39+,44+,47+,48-,49+,54+,55+,62+,63+/m1/s1. The molecule has 0 unspecified atom stereocenters. The molecule has 3 aromatic rings. The first-order chi connectivity index (χ1) is 42.1. The molecule has 8 N–H and O–H groups in total. The highest BCUT2D eigenvalue weighted by Crippen LogP contribution is 2.49.